The molecule has 1 amide bonds. The van der Waals surface area contributed by atoms with Gasteiger partial charge in [-0.3, -0.25) is 4.79 Å². The number of aromatic nitrogens is 3. The average molecular weight is 371 g/mol. The van der Waals surface area contributed by atoms with Crippen molar-refractivity contribution < 1.29 is 9.53 Å². The van der Waals surface area contributed by atoms with Crippen LogP contribution in [0.15, 0.2) is 24.3 Å². The van der Waals surface area contributed by atoms with Gasteiger partial charge in [0.25, 0.3) is 5.91 Å². The SMILES string of the molecule is CCOc1cccc(C(=O)N2CCC[C@@H](c3nnc(CN(C)C)n3C)C2)c1. The third-order valence-electron chi connectivity index (χ3n) is 4.92. The van der Waals surface area contributed by atoms with Gasteiger partial charge < -0.3 is 19.1 Å². The Hall–Kier alpha value is -2.41. The summed E-state index contributed by atoms with van der Waals surface area (Å²) in [6.45, 7) is 4.73. The van der Waals surface area contributed by atoms with Crippen LogP contribution in [0.25, 0.3) is 0 Å². The van der Waals surface area contributed by atoms with Gasteiger partial charge in [0.15, 0.2) is 0 Å². The summed E-state index contributed by atoms with van der Waals surface area (Å²) in [7, 11) is 6.05. The van der Waals surface area contributed by atoms with E-state index in [1.807, 2.05) is 57.2 Å². The molecule has 2 aromatic rings. The Bertz CT molecular complexity index is 786. The lowest BCUT2D eigenvalue weighted by Gasteiger charge is -2.32. The molecule has 1 aromatic heterocycles. The number of carbonyl (C=O) groups excluding carboxylic acids is 1. The van der Waals surface area contributed by atoms with Gasteiger partial charge in [-0.05, 0) is 52.1 Å². The van der Waals surface area contributed by atoms with Crippen molar-refractivity contribution in [2.75, 3.05) is 33.8 Å². The van der Waals surface area contributed by atoms with Crippen molar-refractivity contribution in [3.05, 3.63) is 41.5 Å². The normalized spacial score (nSPS) is 17.4. The molecule has 0 unspecified atom stereocenters. The van der Waals surface area contributed by atoms with Gasteiger partial charge in [-0.2, -0.15) is 0 Å². The Morgan fingerprint density at radius 2 is 2.15 bits per heavy atom. The third-order valence-corrected chi connectivity index (χ3v) is 4.92. The summed E-state index contributed by atoms with van der Waals surface area (Å²) >= 11 is 0. The lowest BCUT2D eigenvalue weighted by molar-refractivity contribution is 0.0703. The first-order chi connectivity index (χ1) is 13.0. The predicted molar refractivity (Wildman–Crippen MR) is 104 cm³/mol. The van der Waals surface area contributed by atoms with Crippen molar-refractivity contribution in [2.45, 2.75) is 32.2 Å². The van der Waals surface area contributed by atoms with Crippen molar-refractivity contribution in [3.8, 4) is 5.75 Å². The molecule has 7 heteroatoms. The van der Waals surface area contributed by atoms with Crippen LogP contribution < -0.4 is 4.74 Å². The molecule has 0 saturated carbocycles. The fourth-order valence-electron chi connectivity index (χ4n) is 3.59. The van der Waals surface area contributed by atoms with Crippen LogP contribution in [-0.4, -0.2) is 64.3 Å². The number of hydrogen-bond donors (Lipinski definition) is 0. The first kappa shape index (κ1) is 19.4. The summed E-state index contributed by atoms with van der Waals surface area (Å²) in [5.74, 6) is 2.91. The maximum atomic E-state index is 13.0. The Balaban J connectivity index is 1.73. The van der Waals surface area contributed by atoms with E-state index in [-0.39, 0.29) is 11.8 Å². The predicted octanol–water partition coefficient (Wildman–Crippen LogP) is 2.30. The highest BCUT2D eigenvalue weighted by Crippen LogP contribution is 2.27. The fraction of sp³-hybridized carbons (Fsp3) is 0.550. The van der Waals surface area contributed by atoms with E-state index in [0.29, 0.717) is 18.7 Å². The van der Waals surface area contributed by atoms with Gasteiger partial charge >= 0.3 is 0 Å². The molecule has 7 nitrogen and oxygen atoms in total. The van der Waals surface area contributed by atoms with E-state index >= 15 is 0 Å². The lowest BCUT2D eigenvalue weighted by atomic mass is 9.96. The van der Waals surface area contributed by atoms with Crippen LogP contribution in [0.3, 0.4) is 0 Å². The molecular weight excluding hydrogens is 342 g/mol. The maximum Gasteiger partial charge on any atom is 0.254 e. The Morgan fingerprint density at radius 3 is 2.89 bits per heavy atom. The van der Waals surface area contributed by atoms with Crippen molar-refractivity contribution in [3.63, 3.8) is 0 Å². The first-order valence-corrected chi connectivity index (χ1v) is 9.54. The van der Waals surface area contributed by atoms with E-state index in [4.69, 9.17) is 4.74 Å². The van der Waals surface area contributed by atoms with Crippen LogP contribution in [0.2, 0.25) is 0 Å². The van der Waals surface area contributed by atoms with Crippen LogP contribution >= 0.6 is 0 Å². The second-order valence-electron chi connectivity index (χ2n) is 7.32. The monoisotopic (exact) mass is 371 g/mol. The second kappa shape index (κ2) is 8.52. The van der Waals surface area contributed by atoms with E-state index in [9.17, 15) is 4.79 Å². The molecule has 0 spiro atoms. The van der Waals surface area contributed by atoms with E-state index in [1.165, 1.54) is 0 Å². The molecule has 1 aliphatic heterocycles. The molecule has 1 aliphatic rings. The van der Waals surface area contributed by atoms with Gasteiger partial charge in [-0.25, -0.2) is 0 Å². The molecule has 1 fully saturated rings. The highest BCUT2D eigenvalue weighted by molar-refractivity contribution is 5.94. The van der Waals surface area contributed by atoms with Gasteiger partial charge in [0.1, 0.15) is 17.4 Å². The number of likely N-dealkylation sites (tertiary alicyclic amines) is 1. The molecule has 2 heterocycles. The van der Waals surface area contributed by atoms with E-state index in [0.717, 1.165) is 43.3 Å². The van der Waals surface area contributed by atoms with Gasteiger partial charge in [0.05, 0.1) is 13.2 Å². The first-order valence-electron chi connectivity index (χ1n) is 9.54. The summed E-state index contributed by atoms with van der Waals surface area (Å²) < 4.78 is 7.61. The van der Waals surface area contributed by atoms with Crippen LogP contribution in [0.4, 0.5) is 0 Å². The van der Waals surface area contributed by atoms with E-state index in [2.05, 4.69) is 19.7 Å². The van der Waals surface area contributed by atoms with Crippen LogP contribution in [0, 0.1) is 0 Å². The summed E-state index contributed by atoms with van der Waals surface area (Å²) in [4.78, 5) is 17.0. The number of carbonyl (C=O) groups is 1. The largest absolute Gasteiger partial charge is 0.494 e. The summed E-state index contributed by atoms with van der Waals surface area (Å²) in [5.41, 5.74) is 0.674. The second-order valence-corrected chi connectivity index (χ2v) is 7.32. The van der Waals surface area contributed by atoms with Crippen molar-refractivity contribution in [1.82, 2.24) is 24.6 Å². The summed E-state index contributed by atoms with van der Waals surface area (Å²) in [6.07, 6.45) is 1.99. The minimum Gasteiger partial charge on any atom is -0.494 e. The van der Waals surface area contributed by atoms with Crippen LogP contribution in [-0.2, 0) is 13.6 Å². The molecule has 1 atom stereocenters. The van der Waals surface area contributed by atoms with Crippen molar-refractivity contribution >= 4 is 5.91 Å². The van der Waals surface area contributed by atoms with Gasteiger partial charge in [0.2, 0.25) is 0 Å². The molecular formula is C20H29N5O2. The van der Waals surface area contributed by atoms with E-state index < -0.39 is 0 Å². The molecule has 1 aromatic carbocycles. The van der Waals surface area contributed by atoms with Gasteiger partial charge in [-0.1, -0.05) is 6.07 Å². The number of amides is 1. The van der Waals surface area contributed by atoms with Crippen LogP contribution in [0.1, 0.15) is 47.7 Å². The lowest BCUT2D eigenvalue weighted by Crippen LogP contribution is -2.39. The summed E-state index contributed by atoms with van der Waals surface area (Å²) in [6, 6.07) is 7.43. The molecule has 0 N–H and O–H groups in total. The number of rotatable bonds is 6. The van der Waals surface area contributed by atoms with Crippen molar-refractivity contribution in [1.29, 1.82) is 0 Å². The number of piperidine rings is 1. The quantitative estimate of drug-likeness (QED) is 0.780. The summed E-state index contributed by atoms with van der Waals surface area (Å²) in [5, 5.41) is 8.77. The topological polar surface area (TPSA) is 63.5 Å². The number of ether oxygens (including phenoxy) is 1. The molecule has 1 saturated heterocycles. The molecule has 146 valence electrons. The molecule has 0 bridgehead atoms. The Labute approximate surface area is 160 Å². The Morgan fingerprint density at radius 1 is 1.33 bits per heavy atom. The Kier molecular flexibility index (Phi) is 6.11. The zero-order valence-electron chi connectivity index (χ0n) is 16.7. The molecule has 0 radical (unpaired) electrons. The van der Waals surface area contributed by atoms with Crippen LogP contribution in [0.5, 0.6) is 5.75 Å². The molecule has 0 aliphatic carbocycles. The van der Waals surface area contributed by atoms with Gasteiger partial charge in [-0.15, -0.1) is 10.2 Å². The molecule has 3 rings (SSSR count). The van der Waals surface area contributed by atoms with E-state index in [1.54, 1.807) is 0 Å². The minimum atomic E-state index is 0.0527. The maximum absolute atomic E-state index is 13.0. The van der Waals surface area contributed by atoms with Crippen molar-refractivity contribution in [2.24, 2.45) is 7.05 Å². The standard InChI is InChI=1S/C20H29N5O2/c1-5-27-17-10-6-8-15(12-17)20(26)25-11-7-9-16(13-25)19-22-21-18(24(19)4)14-23(2)3/h6,8,10,12,16H,5,7,9,11,13-14H2,1-4H3/t16-/m1/s1. The highest BCUT2D eigenvalue weighted by Gasteiger charge is 2.29. The minimum absolute atomic E-state index is 0.0527. The zero-order valence-corrected chi connectivity index (χ0v) is 16.7. The number of benzene rings is 1. The number of hydrogen-bond acceptors (Lipinski definition) is 5. The highest BCUT2D eigenvalue weighted by atomic mass is 16.5. The smallest absolute Gasteiger partial charge is 0.254 e. The average Bonchev–Trinajstić information content (AvgIpc) is 3.01. The van der Waals surface area contributed by atoms with Gasteiger partial charge in [0, 0.05) is 31.6 Å². The zero-order chi connectivity index (χ0) is 19.4. The molecule has 27 heavy (non-hydrogen) atoms. The number of nitrogens with zero attached hydrogens (tertiary/aromatic N) is 5. The fourth-order valence-corrected chi connectivity index (χ4v) is 3.59. The third kappa shape index (κ3) is 4.47.